The van der Waals surface area contributed by atoms with Crippen molar-refractivity contribution >= 4 is 34.4 Å². The van der Waals surface area contributed by atoms with E-state index in [2.05, 4.69) is 87.9 Å². The smallest absolute Gasteiger partial charge is 0.241 e. The number of aromatic nitrogens is 12. The predicted octanol–water partition coefficient (Wildman–Crippen LogP) is 11.5. The summed E-state index contributed by atoms with van der Waals surface area (Å²) in [5.74, 6) is 4.66. The standard InChI is InChI=1S/2C27H38N6O3.C24H33N5O3/c1-18(17-35-3)30-27-29-16-25-23(15-24(33(25)31-27)19-4-6-21(34)7-5-19)20-8-11-28-26(14-20)36-22-9-12-32(2)13-10-22;1-18(17-35-3)30-27-29-15-25-23(14-24(33(25)31-27)19-6-8-21(34)9-7-19)20-10-11-28-26(13-20)36-22-5-4-12-32(2)16-22;1-15(2)32-23-11-18(9-10-25-23)20-12-21(17-5-7-19(30)8-6-17)29-22(20)13-26-24(28-29)27-16(3)14-31-4/h8,11,14-16,18-19,21-22,34H,4-7,9-10,12-13,17H2,1-3H3,(H,30,31);10-11,13-15,18-19,21-22,34H,4-9,12,16-17H2,1-3H3,(H,30,31);9-13,15-17,19,30H,5-8,14H2,1-4H3,(H,27,28)/t18-,19?,21?;18-,19?,21?,22?;16-,17?,19?/m000/s1. The lowest BCUT2D eigenvalue weighted by molar-refractivity contribution is 0.100. The molecule has 9 aromatic rings. The number of hydrogen-bond acceptors (Lipinski definition) is 23. The number of anilines is 3. The van der Waals surface area contributed by atoms with Crippen molar-refractivity contribution in [3.8, 4) is 51.0 Å². The van der Waals surface area contributed by atoms with Gasteiger partial charge in [-0.05, 0) is 211 Å². The fourth-order valence-corrected chi connectivity index (χ4v) is 15.3. The largest absolute Gasteiger partial charge is 0.475 e. The second kappa shape index (κ2) is 35.7. The molecule has 0 spiro atoms. The summed E-state index contributed by atoms with van der Waals surface area (Å²) in [4.78, 5) is 31.8. The van der Waals surface area contributed by atoms with Crippen LogP contribution in [0.25, 0.3) is 49.9 Å². The van der Waals surface area contributed by atoms with Crippen LogP contribution in [0.1, 0.15) is 172 Å². The normalized spacial score (nSPS) is 22.3. The number of fused-ring (bicyclic) bond motifs is 3. The number of methoxy groups -OCH3 is 3. The maximum atomic E-state index is 10.1. The number of rotatable bonds is 24. The summed E-state index contributed by atoms with van der Waals surface area (Å²) >= 11 is 0. The fourth-order valence-electron chi connectivity index (χ4n) is 15.3. The Bertz CT molecular complexity index is 4190. The Labute approximate surface area is 611 Å². The Morgan fingerprint density at radius 3 is 1.13 bits per heavy atom. The van der Waals surface area contributed by atoms with Crippen LogP contribution >= 0.6 is 0 Å². The van der Waals surface area contributed by atoms with Crippen molar-refractivity contribution in [3.05, 3.63) is 109 Å². The minimum absolute atomic E-state index is 0.0545. The van der Waals surface area contributed by atoms with Crippen LogP contribution in [-0.2, 0) is 14.2 Å². The first-order chi connectivity index (χ1) is 50.4. The number of nitrogens with zero attached hydrogens (tertiary/aromatic N) is 14. The number of aliphatic hydroxyl groups is 3. The lowest BCUT2D eigenvalue weighted by Crippen LogP contribution is -2.38. The molecule has 0 radical (unpaired) electrons. The van der Waals surface area contributed by atoms with Crippen molar-refractivity contribution in [2.45, 2.75) is 210 Å². The lowest BCUT2D eigenvalue weighted by Gasteiger charge is -2.29. The molecule has 0 bridgehead atoms. The third-order valence-electron chi connectivity index (χ3n) is 20.7. The molecule has 26 nitrogen and oxygen atoms in total. The number of aliphatic hydroxyl groups excluding tert-OH is 3. The van der Waals surface area contributed by atoms with E-state index in [0.717, 1.165) is 196 Å². The zero-order valence-corrected chi connectivity index (χ0v) is 62.4. The fraction of sp³-hybridized carbons (Fsp3) is 0.577. The van der Waals surface area contributed by atoms with Gasteiger partial charge in [-0.25, -0.2) is 43.5 Å². The molecule has 6 N–H and O–H groups in total. The van der Waals surface area contributed by atoms with E-state index in [0.29, 0.717) is 73.1 Å². The van der Waals surface area contributed by atoms with Crippen molar-refractivity contribution in [1.82, 2.24) is 68.5 Å². The zero-order chi connectivity index (χ0) is 72.8. The molecular formula is C78H109N17O9. The average Bonchev–Trinajstić information content (AvgIpc) is 1.63. The van der Waals surface area contributed by atoms with Gasteiger partial charge >= 0.3 is 0 Å². The molecule has 14 rings (SSSR count). The Kier molecular flexibility index (Phi) is 25.9. The highest BCUT2D eigenvalue weighted by atomic mass is 16.5. The second-order valence-electron chi connectivity index (χ2n) is 29.7. The number of piperidine rings is 2. The van der Waals surface area contributed by atoms with Crippen molar-refractivity contribution in [1.29, 1.82) is 0 Å². The topological polar surface area (TPSA) is 288 Å². The van der Waals surface area contributed by atoms with Gasteiger partial charge in [0.15, 0.2) is 0 Å². The third-order valence-corrected chi connectivity index (χ3v) is 20.7. The van der Waals surface area contributed by atoms with Gasteiger partial charge in [0.05, 0.1) is 79.4 Å². The molecule has 1 unspecified atom stereocenters. The van der Waals surface area contributed by atoms with Gasteiger partial charge in [0.25, 0.3) is 0 Å². The lowest BCUT2D eigenvalue weighted by atomic mass is 9.85. The van der Waals surface area contributed by atoms with Gasteiger partial charge in [-0.2, -0.15) is 0 Å². The number of ether oxygens (including phenoxy) is 6. The molecule has 4 atom stereocenters. The predicted molar refractivity (Wildman–Crippen MR) is 403 cm³/mol. The van der Waals surface area contributed by atoms with Gasteiger partial charge in [0.2, 0.25) is 35.5 Å². The third kappa shape index (κ3) is 19.4. The van der Waals surface area contributed by atoms with Crippen LogP contribution in [0.15, 0.2) is 91.8 Å². The zero-order valence-electron chi connectivity index (χ0n) is 62.4. The van der Waals surface area contributed by atoms with E-state index in [4.69, 9.17) is 43.7 Å². The number of nitrogens with one attached hydrogen (secondary N) is 3. The summed E-state index contributed by atoms with van der Waals surface area (Å²) in [6.45, 7) is 16.0. The minimum Gasteiger partial charge on any atom is -0.475 e. The van der Waals surface area contributed by atoms with E-state index in [1.54, 1.807) is 27.5 Å². The average molecular weight is 1430 g/mol. The summed E-state index contributed by atoms with van der Waals surface area (Å²) in [6, 6.07) is 19.0. The van der Waals surface area contributed by atoms with Crippen LogP contribution < -0.4 is 30.2 Å². The quantitative estimate of drug-likeness (QED) is 0.0328. The minimum atomic E-state index is -0.201. The number of hydrogen-bond donors (Lipinski definition) is 6. The highest BCUT2D eigenvalue weighted by molar-refractivity contribution is 5.84. The first kappa shape index (κ1) is 75.5. The second-order valence-corrected chi connectivity index (χ2v) is 29.7. The van der Waals surface area contributed by atoms with E-state index in [1.807, 2.05) is 116 Å². The van der Waals surface area contributed by atoms with Crippen LogP contribution in [0.2, 0.25) is 0 Å². The van der Waals surface area contributed by atoms with Crippen molar-refractivity contribution in [2.75, 3.05) is 97.4 Å². The van der Waals surface area contributed by atoms with Gasteiger partial charge in [-0.1, -0.05) is 0 Å². The van der Waals surface area contributed by atoms with Crippen LogP contribution in [0.4, 0.5) is 17.8 Å². The molecule has 3 saturated carbocycles. The van der Waals surface area contributed by atoms with Crippen molar-refractivity contribution < 1.29 is 43.7 Å². The first-order valence-corrected chi connectivity index (χ1v) is 37.7. The molecule has 9 aromatic heterocycles. The van der Waals surface area contributed by atoms with Gasteiger partial charge < -0.3 is 69.5 Å². The van der Waals surface area contributed by atoms with E-state index in [9.17, 15) is 15.3 Å². The van der Waals surface area contributed by atoms with Crippen LogP contribution in [0, 0.1) is 0 Å². The van der Waals surface area contributed by atoms with E-state index in [-0.39, 0.29) is 54.7 Å². The summed E-state index contributed by atoms with van der Waals surface area (Å²) in [6.07, 6.45) is 25.7. The number of likely N-dealkylation sites (N-methyl/N-ethyl adjacent to an activating group) is 1. The summed E-state index contributed by atoms with van der Waals surface area (Å²) < 4.78 is 40.2. The highest BCUT2D eigenvalue weighted by Crippen LogP contribution is 2.42. The van der Waals surface area contributed by atoms with Crippen LogP contribution in [-0.4, -0.2) is 220 Å². The Morgan fingerprint density at radius 2 is 0.779 bits per heavy atom. The first-order valence-electron chi connectivity index (χ1n) is 37.7. The monoisotopic (exact) mass is 1430 g/mol. The van der Waals surface area contributed by atoms with Crippen LogP contribution in [0.3, 0.4) is 0 Å². The molecule has 0 aromatic carbocycles. The van der Waals surface area contributed by atoms with E-state index < -0.39 is 0 Å². The summed E-state index contributed by atoms with van der Waals surface area (Å²) in [7, 11) is 9.35. The Morgan fingerprint density at radius 1 is 0.423 bits per heavy atom. The SMILES string of the molecule is COC[C@H](C)Nc1ncc2c(-c3ccnc(OC(C)C)c3)cc(C3CCC(O)CC3)n2n1.COC[C@H](C)Nc1ncc2c(-c3ccnc(OC4CCCN(C)C4)c3)cc(C3CCC(O)CC3)n2n1.COC[C@H](C)Nc1ncc2c(-c3ccnc(OC4CCN(C)CC4)c3)cc(C3CCC(O)CC3)n2n1. The number of pyridine rings is 3. The molecule has 560 valence electrons. The van der Waals surface area contributed by atoms with Crippen LogP contribution in [0.5, 0.6) is 17.6 Å². The van der Waals surface area contributed by atoms with E-state index in [1.165, 1.54) is 0 Å². The van der Waals surface area contributed by atoms with Crippen molar-refractivity contribution in [2.24, 2.45) is 0 Å². The molecule has 5 aliphatic rings. The van der Waals surface area contributed by atoms with Gasteiger partial charge in [-0.15, -0.1) is 15.3 Å². The summed E-state index contributed by atoms with van der Waals surface area (Å²) in [5.41, 5.74) is 12.6. The molecule has 11 heterocycles. The highest BCUT2D eigenvalue weighted by Gasteiger charge is 2.31. The molecule has 0 amide bonds. The summed E-state index contributed by atoms with van der Waals surface area (Å²) in [5, 5.41) is 54.7. The molecule has 5 fully saturated rings. The molecule has 26 heteroatoms. The molecule has 2 aliphatic heterocycles. The molecule has 3 aliphatic carbocycles. The maximum Gasteiger partial charge on any atom is 0.241 e. The Hall–Kier alpha value is -8.21. The Balaban J connectivity index is 0.000000147. The van der Waals surface area contributed by atoms with Gasteiger partial charge in [0, 0.05) is 147 Å². The molecular weight excluding hydrogens is 1320 g/mol. The molecule has 2 saturated heterocycles. The maximum absolute atomic E-state index is 10.1. The molecule has 104 heavy (non-hydrogen) atoms. The van der Waals surface area contributed by atoms with E-state index >= 15 is 0 Å². The number of likely N-dealkylation sites (tertiary alicyclic amines) is 2. The van der Waals surface area contributed by atoms with Crippen molar-refractivity contribution in [3.63, 3.8) is 0 Å². The van der Waals surface area contributed by atoms with Gasteiger partial charge in [0.1, 0.15) is 12.2 Å². The van der Waals surface area contributed by atoms with Gasteiger partial charge in [-0.3, -0.25) is 0 Å².